The maximum atomic E-state index is 13.3. The summed E-state index contributed by atoms with van der Waals surface area (Å²) in [5, 5.41) is 5.17. The van der Waals surface area contributed by atoms with E-state index in [4.69, 9.17) is 25.5 Å². The molecule has 1 heterocycles. The van der Waals surface area contributed by atoms with Crippen LogP contribution in [0.1, 0.15) is 22.7 Å². The van der Waals surface area contributed by atoms with Gasteiger partial charge in [-0.15, -0.1) is 0 Å². The molecule has 2 N–H and O–H groups in total. The molecule has 0 fully saturated rings. The van der Waals surface area contributed by atoms with E-state index >= 15 is 0 Å². The van der Waals surface area contributed by atoms with Gasteiger partial charge in [-0.3, -0.25) is 9.59 Å². The Kier molecular flexibility index (Phi) is 8.03. The number of carbonyl (C=O) groups is 2. The number of ether oxygens (including phenoxy) is 2. The van der Waals surface area contributed by atoms with Gasteiger partial charge in [0.25, 0.3) is 11.8 Å². The van der Waals surface area contributed by atoms with Gasteiger partial charge in [0.2, 0.25) is 0 Å². The maximum Gasteiger partial charge on any atom is 0.287 e. The molecule has 0 atom stereocenters. The van der Waals surface area contributed by atoms with Gasteiger partial charge < -0.3 is 24.5 Å². The SMILES string of the molecule is C=C(CCNC(=O)c1ccc(COC)o1)NC(=O)COc1ccc(Cl)c(F)c1. The van der Waals surface area contributed by atoms with Crippen molar-refractivity contribution in [1.82, 2.24) is 10.6 Å². The van der Waals surface area contributed by atoms with Crippen molar-refractivity contribution in [1.29, 1.82) is 0 Å². The molecule has 0 spiro atoms. The zero-order chi connectivity index (χ0) is 20.5. The highest BCUT2D eigenvalue weighted by atomic mass is 35.5. The molecule has 0 radical (unpaired) electrons. The highest BCUT2D eigenvalue weighted by Gasteiger charge is 2.11. The number of amides is 2. The number of benzene rings is 1. The molecule has 0 saturated carbocycles. The van der Waals surface area contributed by atoms with Crippen molar-refractivity contribution in [3.63, 3.8) is 0 Å². The first kappa shape index (κ1) is 21.5. The van der Waals surface area contributed by atoms with Crippen molar-refractivity contribution >= 4 is 23.4 Å². The van der Waals surface area contributed by atoms with Gasteiger partial charge in [0.05, 0.1) is 5.02 Å². The molecule has 0 aliphatic carbocycles. The molecule has 150 valence electrons. The average Bonchev–Trinajstić information content (AvgIpc) is 3.12. The van der Waals surface area contributed by atoms with Crippen LogP contribution in [0.15, 0.2) is 47.0 Å². The fourth-order valence-corrected chi connectivity index (χ4v) is 2.26. The van der Waals surface area contributed by atoms with Gasteiger partial charge in [0, 0.05) is 31.8 Å². The third kappa shape index (κ3) is 6.71. The Hall–Kier alpha value is -2.84. The number of rotatable bonds is 10. The normalized spacial score (nSPS) is 10.4. The molecule has 2 amide bonds. The largest absolute Gasteiger partial charge is 0.484 e. The van der Waals surface area contributed by atoms with Crippen LogP contribution < -0.4 is 15.4 Å². The Morgan fingerprint density at radius 2 is 2.07 bits per heavy atom. The van der Waals surface area contributed by atoms with Gasteiger partial charge in [-0.1, -0.05) is 18.2 Å². The van der Waals surface area contributed by atoms with E-state index in [2.05, 4.69) is 17.2 Å². The van der Waals surface area contributed by atoms with Crippen LogP contribution in [0.3, 0.4) is 0 Å². The fraction of sp³-hybridized carbons (Fsp3) is 0.263. The standard InChI is InChI=1S/C19H20ClFN2O5/c1-12(7-8-22-19(25)17-6-4-14(28-17)10-26-2)23-18(24)11-27-13-3-5-15(20)16(21)9-13/h3-6,9H,1,7-8,10-11H2,2H3,(H,22,25)(H,23,24). The summed E-state index contributed by atoms with van der Waals surface area (Å²) in [6.07, 6.45) is 0.318. The first-order valence-electron chi connectivity index (χ1n) is 8.30. The molecular formula is C19H20ClFN2O5. The van der Waals surface area contributed by atoms with Crippen LogP contribution in [0.4, 0.5) is 4.39 Å². The van der Waals surface area contributed by atoms with E-state index in [1.807, 2.05) is 0 Å². The number of hydrogen-bond acceptors (Lipinski definition) is 5. The van der Waals surface area contributed by atoms with E-state index in [1.165, 1.54) is 19.2 Å². The highest BCUT2D eigenvalue weighted by molar-refractivity contribution is 6.30. The van der Waals surface area contributed by atoms with Gasteiger partial charge in [-0.25, -0.2) is 4.39 Å². The van der Waals surface area contributed by atoms with Crippen molar-refractivity contribution in [3.05, 3.63) is 65.0 Å². The summed E-state index contributed by atoms with van der Waals surface area (Å²) >= 11 is 5.57. The lowest BCUT2D eigenvalue weighted by Crippen LogP contribution is -2.30. The summed E-state index contributed by atoms with van der Waals surface area (Å²) in [7, 11) is 1.53. The van der Waals surface area contributed by atoms with E-state index in [1.54, 1.807) is 12.1 Å². The first-order chi connectivity index (χ1) is 13.4. The lowest BCUT2D eigenvalue weighted by Gasteiger charge is -2.10. The van der Waals surface area contributed by atoms with Crippen LogP contribution >= 0.6 is 11.6 Å². The van der Waals surface area contributed by atoms with E-state index in [0.717, 1.165) is 6.07 Å². The minimum atomic E-state index is -0.634. The monoisotopic (exact) mass is 410 g/mol. The van der Waals surface area contributed by atoms with E-state index in [0.29, 0.717) is 17.9 Å². The molecule has 28 heavy (non-hydrogen) atoms. The summed E-state index contributed by atoms with van der Waals surface area (Å²) in [6, 6.07) is 7.09. The Bertz CT molecular complexity index is 853. The Balaban J connectivity index is 1.67. The third-order valence-electron chi connectivity index (χ3n) is 3.46. The molecule has 9 heteroatoms. The van der Waals surface area contributed by atoms with Crippen molar-refractivity contribution in [3.8, 4) is 5.75 Å². The number of furan rings is 1. The third-order valence-corrected chi connectivity index (χ3v) is 3.77. The molecule has 0 aliphatic heterocycles. The topological polar surface area (TPSA) is 89.8 Å². The van der Waals surface area contributed by atoms with Gasteiger partial charge in [-0.2, -0.15) is 0 Å². The number of halogens is 2. The van der Waals surface area contributed by atoms with Gasteiger partial charge in [0.15, 0.2) is 12.4 Å². The van der Waals surface area contributed by atoms with Crippen LogP contribution in [0.2, 0.25) is 5.02 Å². The summed E-state index contributed by atoms with van der Waals surface area (Å²) in [5.41, 5.74) is 0.399. The Morgan fingerprint density at radius 3 is 2.79 bits per heavy atom. The van der Waals surface area contributed by atoms with Crippen LogP contribution in [0, 0.1) is 5.82 Å². The smallest absolute Gasteiger partial charge is 0.287 e. The second-order valence-electron chi connectivity index (χ2n) is 5.72. The quantitative estimate of drug-likeness (QED) is 0.628. The predicted octanol–water partition coefficient (Wildman–Crippen LogP) is 3.05. The van der Waals surface area contributed by atoms with Gasteiger partial charge >= 0.3 is 0 Å². The molecule has 7 nitrogen and oxygen atoms in total. The minimum Gasteiger partial charge on any atom is -0.484 e. The number of methoxy groups -OCH3 is 1. The van der Waals surface area contributed by atoms with Crippen LogP contribution in [0.5, 0.6) is 5.75 Å². The predicted molar refractivity (Wildman–Crippen MR) is 101 cm³/mol. The van der Waals surface area contributed by atoms with Crippen LogP contribution in [-0.4, -0.2) is 32.1 Å². The molecule has 2 aromatic rings. The summed E-state index contributed by atoms with van der Waals surface area (Å²) in [6.45, 7) is 3.93. The minimum absolute atomic E-state index is 0.0308. The van der Waals surface area contributed by atoms with Crippen molar-refractivity contribution in [2.75, 3.05) is 20.3 Å². The first-order valence-corrected chi connectivity index (χ1v) is 8.68. The second kappa shape index (κ2) is 10.5. The van der Waals surface area contributed by atoms with Crippen molar-refractivity contribution < 1.29 is 27.9 Å². The Morgan fingerprint density at radius 1 is 1.29 bits per heavy atom. The maximum absolute atomic E-state index is 13.3. The van der Waals surface area contributed by atoms with Crippen LogP contribution in [-0.2, 0) is 16.1 Å². The van der Waals surface area contributed by atoms with Crippen LogP contribution in [0.25, 0.3) is 0 Å². The molecule has 1 aromatic carbocycles. The molecule has 0 unspecified atom stereocenters. The number of carbonyl (C=O) groups excluding carboxylic acids is 2. The summed E-state index contributed by atoms with van der Waals surface area (Å²) in [4.78, 5) is 23.8. The summed E-state index contributed by atoms with van der Waals surface area (Å²) in [5.74, 6) is -0.571. The molecule has 1 aromatic heterocycles. The zero-order valence-corrected chi connectivity index (χ0v) is 16.0. The van der Waals surface area contributed by atoms with Crippen molar-refractivity contribution in [2.45, 2.75) is 13.0 Å². The van der Waals surface area contributed by atoms with Crippen molar-refractivity contribution in [2.24, 2.45) is 0 Å². The van der Waals surface area contributed by atoms with Gasteiger partial charge in [-0.05, 0) is 24.3 Å². The van der Waals surface area contributed by atoms with E-state index in [-0.39, 0.29) is 42.2 Å². The molecular weight excluding hydrogens is 391 g/mol. The molecule has 0 saturated heterocycles. The highest BCUT2D eigenvalue weighted by Crippen LogP contribution is 2.20. The number of nitrogens with one attached hydrogen (secondary N) is 2. The van der Waals surface area contributed by atoms with E-state index in [9.17, 15) is 14.0 Å². The fourth-order valence-electron chi connectivity index (χ4n) is 2.15. The lowest BCUT2D eigenvalue weighted by molar-refractivity contribution is -0.122. The van der Waals surface area contributed by atoms with E-state index < -0.39 is 11.7 Å². The lowest BCUT2D eigenvalue weighted by atomic mass is 10.3. The Labute approximate surface area is 166 Å². The molecule has 0 aliphatic rings. The average molecular weight is 411 g/mol. The molecule has 2 rings (SSSR count). The summed E-state index contributed by atoms with van der Waals surface area (Å²) < 4.78 is 28.7. The number of hydrogen-bond donors (Lipinski definition) is 2. The zero-order valence-electron chi connectivity index (χ0n) is 15.2. The second-order valence-corrected chi connectivity index (χ2v) is 6.13. The molecule has 0 bridgehead atoms. The van der Waals surface area contributed by atoms with Gasteiger partial charge in [0.1, 0.15) is 23.9 Å².